The fraction of sp³-hybridized carbons (Fsp3) is 0.469. The van der Waals surface area contributed by atoms with Crippen molar-refractivity contribution in [1.29, 1.82) is 0 Å². The number of nitrogens with one attached hydrogen (secondary N) is 2. The molecule has 2 aromatic carbocycles. The van der Waals surface area contributed by atoms with Crippen molar-refractivity contribution in [3.05, 3.63) is 90.3 Å². The first kappa shape index (κ1) is 44.7. The number of pyridine rings is 1. The summed E-state index contributed by atoms with van der Waals surface area (Å²) in [6.45, 7) is 15.1. The van der Waals surface area contributed by atoms with E-state index in [0.29, 0.717) is 32.4 Å². The van der Waals surface area contributed by atoms with Crippen LogP contribution in [-0.2, 0) is 62.3 Å². The molecule has 15 nitrogen and oxygen atoms in total. The Hall–Kier alpha value is -5.90. The standard InChI is InChI=1S/C49H58N6O9/c1-8-40(56)53-25-33(26-53)64-44-41(28(3)63-48(44)60)45(57)51-38-22-30-13-10-14-31(21-30)32-17-18-39-35(23-32)36(43(54(39)9-2)34-15-11-19-50-42(34)29(4)61-7)24-49(5,6)27-62-47(59)37-16-12-20-55(52-37)46(38)58/h8,10-11,13-15,17-19,21,23,28-29,33,37-38,41,44,52H,1,9,12,16,20,22,24-27H2,2-7H3,(H,51,57)/t28-,29+,37+,38+,41-,44+/m1/s1. The largest absolute Gasteiger partial charge is 0.464 e. The molecule has 4 aliphatic heterocycles. The van der Waals surface area contributed by atoms with E-state index in [2.05, 4.69) is 66.9 Å². The van der Waals surface area contributed by atoms with Crippen molar-refractivity contribution in [3.8, 4) is 22.4 Å². The minimum Gasteiger partial charge on any atom is -0.464 e. The molecule has 6 heterocycles. The van der Waals surface area contributed by atoms with Crippen molar-refractivity contribution in [2.45, 2.75) is 103 Å². The fourth-order valence-corrected chi connectivity index (χ4v) is 9.50. The maximum absolute atomic E-state index is 14.6. The molecule has 0 unspecified atom stereocenters. The Morgan fingerprint density at radius 3 is 2.61 bits per heavy atom. The number of ether oxygens (including phenoxy) is 4. The number of hydrazine groups is 1. The van der Waals surface area contributed by atoms with Gasteiger partial charge in [-0.2, -0.15) is 0 Å². The first-order valence-corrected chi connectivity index (χ1v) is 22.2. The van der Waals surface area contributed by atoms with Gasteiger partial charge in [0.2, 0.25) is 11.8 Å². The molecule has 6 atom stereocenters. The molecule has 0 radical (unpaired) electrons. The second-order valence-corrected chi connectivity index (χ2v) is 18.1. The predicted octanol–water partition coefficient (Wildman–Crippen LogP) is 5.09. The van der Waals surface area contributed by atoms with Gasteiger partial charge >= 0.3 is 11.9 Å². The first-order chi connectivity index (χ1) is 30.7. The van der Waals surface area contributed by atoms with Crippen molar-refractivity contribution in [1.82, 2.24) is 30.2 Å². The molecule has 0 aliphatic carbocycles. The second kappa shape index (κ2) is 18.3. The van der Waals surface area contributed by atoms with Gasteiger partial charge < -0.3 is 33.7 Å². The smallest absolute Gasteiger partial charge is 0.336 e. The molecule has 6 bridgehead atoms. The lowest BCUT2D eigenvalue weighted by molar-refractivity contribution is -0.163. The van der Waals surface area contributed by atoms with Gasteiger partial charge in [-0.25, -0.2) is 10.2 Å². The fourth-order valence-electron chi connectivity index (χ4n) is 9.50. The predicted molar refractivity (Wildman–Crippen MR) is 238 cm³/mol. The monoisotopic (exact) mass is 874 g/mol. The Labute approximate surface area is 373 Å². The molecule has 8 rings (SSSR count). The van der Waals surface area contributed by atoms with E-state index in [0.717, 1.165) is 50.1 Å². The molecule has 2 N–H and O–H groups in total. The minimum absolute atomic E-state index is 0.105. The van der Waals surface area contributed by atoms with E-state index in [4.69, 9.17) is 23.9 Å². The molecule has 4 aromatic rings. The highest BCUT2D eigenvalue weighted by molar-refractivity contribution is 5.96. The van der Waals surface area contributed by atoms with Crippen LogP contribution in [0.3, 0.4) is 0 Å². The number of aromatic nitrogens is 2. The van der Waals surface area contributed by atoms with E-state index in [1.165, 1.54) is 16.0 Å². The van der Waals surface area contributed by atoms with Gasteiger partial charge in [0.1, 0.15) is 24.1 Å². The third-order valence-electron chi connectivity index (χ3n) is 13.0. The number of hydrogen-bond acceptors (Lipinski definition) is 11. The average Bonchev–Trinajstić information content (AvgIpc) is 3.75. The highest BCUT2D eigenvalue weighted by atomic mass is 16.6. The lowest BCUT2D eigenvalue weighted by Gasteiger charge is -2.39. The van der Waals surface area contributed by atoms with Gasteiger partial charge in [-0.15, -0.1) is 0 Å². The molecule has 4 aliphatic rings. The number of carbonyl (C=O) groups is 5. The number of rotatable bonds is 9. The average molecular weight is 875 g/mol. The Kier molecular flexibility index (Phi) is 12.8. The number of fused-ring (bicyclic) bond motifs is 6. The minimum atomic E-state index is -1.23. The maximum Gasteiger partial charge on any atom is 0.336 e. The molecule has 3 fully saturated rings. The molecule has 0 saturated carbocycles. The first-order valence-electron chi connectivity index (χ1n) is 22.2. The van der Waals surface area contributed by atoms with Crippen LogP contribution < -0.4 is 10.7 Å². The molecular formula is C49H58N6O9. The van der Waals surface area contributed by atoms with Gasteiger partial charge in [-0.1, -0.05) is 50.8 Å². The Morgan fingerprint density at radius 1 is 1.08 bits per heavy atom. The summed E-state index contributed by atoms with van der Waals surface area (Å²) in [6.07, 6.45) is 1.86. The third-order valence-corrected chi connectivity index (χ3v) is 13.0. The Balaban J connectivity index is 1.18. The lowest BCUT2D eigenvalue weighted by Crippen LogP contribution is -2.61. The van der Waals surface area contributed by atoms with Crippen LogP contribution in [0.25, 0.3) is 33.3 Å². The van der Waals surface area contributed by atoms with Crippen LogP contribution >= 0.6 is 0 Å². The van der Waals surface area contributed by atoms with Gasteiger partial charge in [0.15, 0.2) is 6.10 Å². The van der Waals surface area contributed by atoms with Crippen LogP contribution in [0.15, 0.2) is 73.4 Å². The van der Waals surface area contributed by atoms with Crippen LogP contribution in [0.1, 0.15) is 70.4 Å². The Bertz CT molecular complexity index is 2480. The lowest BCUT2D eigenvalue weighted by atomic mass is 9.84. The van der Waals surface area contributed by atoms with Crippen molar-refractivity contribution < 1.29 is 42.9 Å². The molecule has 0 spiro atoms. The van der Waals surface area contributed by atoms with Crippen LogP contribution in [0.4, 0.5) is 0 Å². The molecule has 3 amide bonds. The number of esters is 2. The molecule has 3 saturated heterocycles. The van der Waals surface area contributed by atoms with Crippen LogP contribution in [0, 0.1) is 11.3 Å². The SMILES string of the molecule is C=CC(=O)N1CC(O[C@@H]2C(=O)O[C@H](C)[C@H]2C(=O)N[C@H]2Cc3cccc(c3)-c3ccc4c(c3)c(c(-c3cccnc3[C@H](C)OC)n4CC)CC(C)(C)COC(=O)[C@@H]3CCCN(N3)C2=O)C1. The van der Waals surface area contributed by atoms with E-state index < -0.39 is 65.5 Å². The van der Waals surface area contributed by atoms with Gasteiger partial charge in [0.25, 0.3) is 5.91 Å². The normalized spacial score (nSPS) is 24.3. The van der Waals surface area contributed by atoms with Gasteiger partial charge in [0.05, 0.1) is 30.2 Å². The van der Waals surface area contributed by atoms with E-state index in [1.807, 2.05) is 37.3 Å². The summed E-state index contributed by atoms with van der Waals surface area (Å²) in [5.74, 6) is -3.49. The number of amides is 3. The van der Waals surface area contributed by atoms with E-state index in [1.54, 1.807) is 20.2 Å². The van der Waals surface area contributed by atoms with Gasteiger partial charge in [0, 0.05) is 67.8 Å². The summed E-state index contributed by atoms with van der Waals surface area (Å²) in [4.78, 5) is 74.3. The van der Waals surface area contributed by atoms with Crippen LogP contribution in [0.5, 0.6) is 0 Å². The van der Waals surface area contributed by atoms with E-state index in [-0.39, 0.29) is 38.1 Å². The van der Waals surface area contributed by atoms with Crippen LogP contribution in [-0.4, -0.2) is 113 Å². The maximum atomic E-state index is 14.6. The zero-order valence-electron chi connectivity index (χ0n) is 37.4. The van der Waals surface area contributed by atoms with Crippen molar-refractivity contribution >= 4 is 40.6 Å². The molecule has 338 valence electrons. The van der Waals surface area contributed by atoms with Gasteiger partial charge in [-0.05, 0) is 92.6 Å². The number of aryl methyl sites for hydroxylation is 1. The molecule has 64 heavy (non-hydrogen) atoms. The van der Waals surface area contributed by atoms with Gasteiger partial charge in [-0.3, -0.25) is 29.2 Å². The number of cyclic esters (lactones) is 2. The zero-order valence-corrected chi connectivity index (χ0v) is 37.4. The molecular weight excluding hydrogens is 817 g/mol. The van der Waals surface area contributed by atoms with E-state index in [9.17, 15) is 24.0 Å². The topological polar surface area (TPSA) is 171 Å². The zero-order chi connectivity index (χ0) is 45.4. The highest BCUT2D eigenvalue weighted by Crippen LogP contribution is 2.42. The number of carbonyl (C=O) groups excluding carboxylic acids is 5. The number of methoxy groups -OCH3 is 1. The second-order valence-electron chi connectivity index (χ2n) is 18.1. The summed E-state index contributed by atoms with van der Waals surface area (Å²) in [5.41, 5.74) is 10.3. The Morgan fingerprint density at radius 2 is 1.86 bits per heavy atom. The number of likely N-dealkylation sites (tertiary alicyclic amines) is 1. The van der Waals surface area contributed by atoms with E-state index >= 15 is 0 Å². The highest BCUT2D eigenvalue weighted by Gasteiger charge is 2.51. The summed E-state index contributed by atoms with van der Waals surface area (Å²) in [6, 6.07) is 16.5. The third kappa shape index (κ3) is 8.80. The van der Waals surface area contributed by atoms with Crippen molar-refractivity contribution in [2.75, 3.05) is 33.4 Å². The quantitative estimate of drug-likeness (QED) is 0.170. The van der Waals surface area contributed by atoms with Crippen molar-refractivity contribution in [3.63, 3.8) is 0 Å². The number of benzene rings is 2. The number of nitrogens with zero attached hydrogens (tertiary/aromatic N) is 4. The van der Waals surface area contributed by atoms with Crippen LogP contribution in [0.2, 0.25) is 0 Å². The van der Waals surface area contributed by atoms with Crippen molar-refractivity contribution in [2.24, 2.45) is 11.3 Å². The number of hydrogen-bond donors (Lipinski definition) is 2. The summed E-state index contributed by atoms with van der Waals surface area (Å²) in [5, 5.41) is 5.43. The summed E-state index contributed by atoms with van der Waals surface area (Å²) < 4.78 is 25.8. The molecule has 15 heteroatoms. The molecule has 2 aromatic heterocycles. The summed E-state index contributed by atoms with van der Waals surface area (Å²) in [7, 11) is 1.68. The summed E-state index contributed by atoms with van der Waals surface area (Å²) >= 11 is 0.